The van der Waals surface area contributed by atoms with E-state index in [4.69, 9.17) is 5.73 Å². The van der Waals surface area contributed by atoms with Crippen LogP contribution in [0.25, 0.3) is 0 Å². The van der Waals surface area contributed by atoms with Crippen LogP contribution in [0.3, 0.4) is 0 Å². The molecule has 0 aromatic carbocycles. The molecular weight excluding hydrogens is 196 g/mol. The monoisotopic (exact) mass is 226 g/mol. The van der Waals surface area contributed by atoms with Gasteiger partial charge in [-0.3, -0.25) is 0 Å². The number of rotatable bonds is 6. The van der Waals surface area contributed by atoms with Crippen molar-refractivity contribution in [1.29, 1.82) is 0 Å². The van der Waals surface area contributed by atoms with Gasteiger partial charge in [-0.2, -0.15) is 0 Å². The van der Waals surface area contributed by atoms with Gasteiger partial charge in [0.1, 0.15) is 0 Å². The van der Waals surface area contributed by atoms with Crippen molar-refractivity contribution in [2.45, 2.75) is 52.9 Å². The summed E-state index contributed by atoms with van der Waals surface area (Å²) in [4.78, 5) is 2.60. The Bertz CT molecular complexity index is 183. The summed E-state index contributed by atoms with van der Waals surface area (Å²) in [5.74, 6) is 0.947. The Morgan fingerprint density at radius 1 is 1.19 bits per heavy atom. The molecule has 1 saturated carbocycles. The van der Waals surface area contributed by atoms with E-state index in [1.807, 2.05) is 0 Å². The molecule has 0 aliphatic heterocycles. The lowest BCUT2D eigenvalue weighted by atomic mass is 9.87. The summed E-state index contributed by atoms with van der Waals surface area (Å²) >= 11 is 0. The van der Waals surface area contributed by atoms with Gasteiger partial charge in [0.25, 0.3) is 0 Å². The summed E-state index contributed by atoms with van der Waals surface area (Å²) < 4.78 is 0. The molecule has 96 valence electrons. The van der Waals surface area contributed by atoms with Crippen molar-refractivity contribution < 1.29 is 0 Å². The molecule has 0 aromatic heterocycles. The summed E-state index contributed by atoms with van der Waals surface area (Å²) in [5, 5.41) is 0. The summed E-state index contributed by atoms with van der Waals surface area (Å²) in [6.45, 7) is 11.2. The van der Waals surface area contributed by atoms with E-state index in [1.165, 1.54) is 45.2 Å². The lowest BCUT2D eigenvalue weighted by molar-refractivity contribution is 0.151. The molecule has 0 saturated heterocycles. The summed E-state index contributed by atoms with van der Waals surface area (Å²) in [5.41, 5.74) is 6.08. The van der Waals surface area contributed by atoms with E-state index < -0.39 is 0 Å². The summed E-state index contributed by atoms with van der Waals surface area (Å²) in [7, 11) is 0. The molecule has 0 spiro atoms. The zero-order valence-electron chi connectivity index (χ0n) is 11.5. The van der Waals surface area contributed by atoms with Gasteiger partial charge in [0.05, 0.1) is 0 Å². The van der Waals surface area contributed by atoms with E-state index >= 15 is 0 Å². The maximum absolute atomic E-state index is 5.82. The van der Waals surface area contributed by atoms with Gasteiger partial charge in [-0.15, -0.1) is 0 Å². The fraction of sp³-hybridized carbons (Fsp3) is 1.00. The highest BCUT2D eigenvalue weighted by molar-refractivity contribution is 4.77. The molecule has 0 bridgehead atoms. The van der Waals surface area contributed by atoms with Crippen molar-refractivity contribution in [2.24, 2.45) is 17.1 Å². The zero-order valence-corrected chi connectivity index (χ0v) is 11.5. The molecule has 0 unspecified atom stereocenters. The second kappa shape index (κ2) is 6.61. The molecule has 1 rings (SSSR count). The lowest BCUT2D eigenvalue weighted by Gasteiger charge is -2.34. The van der Waals surface area contributed by atoms with E-state index in [9.17, 15) is 0 Å². The number of hydrogen-bond acceptors (Lipinski definition) is 2. The van der Waals surface area contributed by atoms with E-state index in [1.54, 1.807) is 0 Å². The van der Waals surface area contributed by atoms with Gasteiger partial charge >= 0.3 is 0 Å². The molecule has 1 aliphatic rings. The van der Waals surface area contributed by atoms with Gasteiger partial charge in [-0.25, -0.2) is 0 Å². The maximum Gasteiger partial charge on any atom is 0.00447 e. The van der Waals surface area contributed by atoms with Gasteiger partial charge < -0.3 is 10.6 Å². The molecule has 0 amide bonds. The van der Waals surface area contributed by atoms with Gasteiger partial charge in [0.15, 0.2) is 0 Å². The third kappa shape index (κ3) is 4.84. The fourth-order valence-electron chi connectivity index (χ4n) is 2.71. The third-order valence-electron chi connectivity index (χ3n) is 3.89. The van der Waals surface area contributed by atoms with Crippen LogP contribution in [-0.4, -0.2) is 31.1 Å². The summed E-state index contributed by atoms with van der Waals surface area (Å²) in [6.07, 6.45) is 7.24. The van der Waals surface area contributed by atoms with Crippen LogP contribution in [0.2, 0.25) is 0 Å². The first-order chi connectivity index (χ1) is 7.57. The Morgan fingerprint density at radius 3 is 2.31 bits per heavy atom. The quantitative estimate of drug-likeness (QED) is 0.754. The van der Waals surface area contributed by atoms with Crippen molar-refractivity contribution in [2.75, 3.05) is 26.2 Å². The van der Waals surface area contributed by atoms with Crippen molar-refractivity contribution in [3.8, 4) is 0 Å². The molecule has 1 aliphatic carbocycles. The highest BCUT2D eigenvalue weighted by atomic mass is 15.1. The van der Waals surface area contributed by atoms with Crippen LogP contribution in [0.1, 0.15) is 52.9 Å². The normalized spacial score (nSPS) is 19.3. The molecule has 2 heteroatoms. The molecule has 0 aromatic rings. The third-order valence-corrected chi connectivity index (χ3v) is 3.89. The molecule has 0 atom stereocenters. The van der Waals surface area contributed by atoms with Crippen LogP contribution in [0.4, 0.5) is 0 Å². The molecule has 2 N–H and O–H groups in total. The highest BCUT2D eigenvalue weighted by Gasteiger charge is 2.22. The lowest BCUT2D eigenvalue weighted by Crippen LogP contribution is -2.41. The van der Waals surface area contributed by atoms with E-state index in [2.05, 4.69) is 25.7 Å². The van der Waals surface area contributed by atoms with Crippen molar-refractivity contribution >= 4 is 0 Å². The van der Waals surface area contributed by atoms with Gasteiger partial charge in [-0.1, -0.05) is 40.0 Å². The molecule has 2 nitrogen and oxygen atoms in total. The average Bonchev–Trinajstić information content (AvgIpc) is 2.29. The fourth-order valence-corrected chi connectivity index (χ4v) is 2.71. The van der Waals surface area contributed by atoms with Crippen LogP contribution < -0.4 is 5.73 Å². The maximum atomic E-state index is 5.82. The minimum absolute atomic E-state index is 0.269. The van der Waals surface area contributed by atoms with Gasteiger partial charge in [0, 0.05) is 13.1 Å². The Hall–Kier alpha value is -0.0800. The van der Waals surface area contributed by atoms with Crippen molar-refractivity contribution in [1.82, 2.24) is 4.90 Å². The first-order valence-corrected chi connectivity index (χ1v) is 7.00. The Labute approximate surface area is 102 Å². The largest absolute Gasteiger partial charge is 0.330 e. The Morgan fingerprint density at radius 2 is 1.81 bits per heavy atom. The molecule has 1 fully saturated rings. The van der Waals surface area contributed by atoms with Crippen LogP contribution >= 0.6 is 0 Å². The van der Waals surface area contributed by atoms with E-state index in [0.29, 0.717) is 0 Å². The topological polar surface area (TPSA) is 29.3 Å². The smallest absolute Gasteiger partial charge is 0.00447 e. The number of nitrogens with zero attached hydrogens (tertiary/aromatic N) is 1. The number of hydrogen-bond donors (Lipinski definition) is 1. The summed E-state index contributed by atoms with van der Waals surface area (Å²) in [6, 6.07) is 0. The molecule has 0 heterocycles. The van der Waals surface area contributed by atoms with Crippen molar-refractivity contribution in [3.05, 3.63) is 0 Å². The standard InChI is InChI=1S/C14H30N2/c1-4-16(12-14(2,3)11-15)10-13-8-6-5-7-9-13/h13H,4-12,15H2,1-3H3. The minimum Gasteiger partial charge on any atom is -0.330 e. The minimum atomic E-state index is 0.269. The zero-order chi connectivity index (χ0) is 12.0. The SMILES string of the molecule is CCN(CC1CCCCC1)CC(C)(C)CN. The van der Waals surface area contributed by atoms with Crippen LogP contribution in [0, 0.1) is 11.3 Å². The molecule has 0 radical (unpaired) electrons. The highest BCUT2D eigenvalue weighted by Crippen LogP contribution is 2.25. The first kappa shape index (κ1) is 14.0. The average molecular weight is 226 g/mol. The Balaban J connectivity index is 2.35. The molecular formula is C14H30N2. The van der Waals surface area contributed by atoms with Crippen LogP contribution in [0.15, 0.2) is 0 Å². The van der Waals surface area contributed by atoms with Gasteiger partial charge in [-0.05, 0) is 37.3 Å². The number of nitrogens with two attached hydrogens (primary N) is 1. The van der Waals surface area contributed by atoms with Crippen LogP contribution in [-0.2, 0) is 0 Å². The van der Waals surface area contributed by atoms with E-state index in [-0.39, 0.29) is 5.41 Å². The first-order valence-electron chi connectivity index (χ1n) is 7.00. The second-order valence-corrected chi connectivity index (χ2v) is 6.20. The predicted molar refractivity (Wildman–Crippen MR) is 71.5 cm³/mol. The Kier molecular flexibility index (Phi) is 5.77. The molecule has 16 heavy (non-hydrogen) atoms. The van der Waals surface area contributed by atoms with Crippen LogP contribution in [0.5, 0.6) is 0 Å². The van der Waals surface area contributed by atoms with Gasteiger partial charge in [0.2, 0.25) is 0 Å². The van der Waals surface area contributed by atoms with Crippen molar-refractivity contribution in [3.63, 3.8) is 0 Å². The second-order valence-electron chi connectivity index (χ2n) is 6.20. The van der Waals surface area contributed by atoms with E-state index in [0.717, 1.165) is 19.0 Å². The predicted octanol–water partition coefficient (Wildman–Crippen LogP) is 2.87.